The fourth-order valence-electron chi connectivity index (χ4n) is 1.90. The van der Waals surface area contributed by atoms with Gasteiger partial charge in [0.1, 0.15) is 0 Å². The van der Waals surface area contributed by atoms with E-state index in [9.17, 15) is 15.0 Å². The van der Waals surface area contributed by atoms with E-state index in [1.807, 2.05) is 48.6 Å². The van der Waals surface area contributed by atoms with Gasteiger partial charge < -0.3 is 15.3 Å². The Morgan fingerprint density at radius 3 is 1.88 bits per heavy atom. The standard InChI is InChI=1S/C22H32O4/c1-2-3-10-15-20(23)17-12-8-9-13-18-21(24)16-11-6-4-5-7-14-19-22(25)26/h3,5-13,17-18,20-21,23-24H,2,4,14-16,19H2,1H3,(H,25,26)/t20-,21?/m0/s1. The van der Waals surface area contributed by atoms with E-state index in [0.717, 1.165) is 12.8 Å². The molecular formula is C22H32O4. The van der Waals surface area contributed by atoms with Crippen LogP contribution in [0.25, 0.3) is 0 Å². The van der Waals surface area contributed by atoms with E-state index < -0.39 is 18.2 Å². The van der Waals surface area contributed by atoms with Crippen LogP contribution >= 0.6 is 0 Å². The van der Waals surface area contributed by atoms with Gasteiger partial charge in [0.15, 0.2) is 0 Å². The summed E-state index contributed by atoms with van der Waals surface area (Å²) in [7, 11) is 0. The van der Waals surface area contributed by atoms with Crippen LogP contribution in [-0.2, 0) is 4.79 Å². The van der Waals surface area contributed by atoms with E-state index in [-0.39, 0.29) is 6.42 Å². The second-order valence-corrected chi connectivity index (χ2v) is 5.75. The SMILES string of the molecule is CCC=CC[C@H](O)C=CC=CC=CC(O)CC=CCC=CCCC(=O)O. The maximum absolute atomic E-state index is 10.3. The lowest BCUT2D eigenvalue weighted by Gasteiger charge is -1.99. The third-order valence-corrected chi connectivity index (χ3v) is 3.29. The fraction of sp³-hybridized carbons (Fsp3) is 0.409. The summed E-state index contributed by atoms with van der Waals surface area (Å²) in [6.07, 6.45) is 24.8. The van der Waals surface area contributed by atoms with E-state index >= 15 is 0 Å². The summed E-state index contributed by atoms with van der Waals surface area (Å²) in [6.45, 7) is 2.06. The molecule has 4 heteroatoms. The van der Waals surface area contributed by atoms with Crippen molar-refractivity contribution in [2.45, 2.75) is 57.7 Å². The first-order valence-electron chi connectivity index (χ1n) is 9.10. The molecule has 0 bridgehead atoms. The molecule has 0 aromatic rings. The van der Waals surface area contributed by atoms with Crippen molar-refractivity contribution in [2.24, 2.45) is 0 Å². The third-order valence-electron chi connectivity index (χ3n) is 3.29. The Balaban J connectivity index is 3.87. The second kappa shape index (κ2) is 17.6. The van der Waals surface area contributed by atoms with Crippen LogP contribution < -0.4 is 0 Å². The molecule has 0 spiro atoms. The summed E-state index contributed by atoms with van der Waals surface area (Å²) >= 11 is 0. The van der Waals surface area contributed by atoms with Gasteiger partial charge in [-0.05, 0) is 32.1 Å². The molecule has 0 aromatic heterocycles. The molecule has 0 aliphatic carbocycles. The minimum absolute atomic E-state index is 0.154. The second-order valence-electron chi connectivity index (χ2n) is 5.75. The first kappa shape index (κ1) is 23.8. The van der Waals surface area contributed by atoms with Crippen molar-refractivity contribution in [3.63, 3.8) is 0 Å². The molecule has 26 heavy (non-hydrogen) atoms. The number of rotatable bonds is 14. The molecule has 0 aromatic carbocycles. The van der Waals surface area contributed by atoms with Crippen LogP contribution in [0.2, 0.25) is 0 Å². The van der Waals surface area contributed by atoms with Gasteiger partial charge in [0.2, 0.25) is 0 Å². The van der Waals surface area contributed by atoms with Crippen LogP contribution in [0, 0.1) is 0 Å². The van der Waals surface area contributed by atoms with E-state index in [0.29, 0.717) is 19.3 Å². The van der Waals surface area contributed by atoms with E-state index in [4.69, 9.17) is 5.11 Å². The van der Waals surface area contributed by atoms with Gasteiger partial charge in [0.05, 0.1) is 12.2 Å². The van der Waals surface area contributed by atoms with Gasteiger partial charge in [-0.1, -0.05) is 79.8 Å². The Kier molecular flexibility index (Phi) is 16.2. The van der Waals surface area contributed by atoms with Crippen LogP contribution in [0.4, 0.5) is 0 Å². The van der Waals surface area contributed by atoms with Gasteiger partial charge in [-0.2, -0.15) is 0 Å². The normalized spacial score (nSPS) is 15.5. The molecule has 0 aliphatic rings. The van der Waals surface area contributed by atoms with Crippen molar-refractivity contribution in [1.29, 1.82) is 0 Å². The maximum Gasteiger partial charge on any atom is 0.303 e. The van der Waals surface area contributed by atoms with Crippen LogP contribution in [0.3, 0.4) is 0 Å². The zero-order valence-electron chi connectivity index (χ0n) is 15.6. The third kappa shape index (κ3) is 18.2. The monoisotopic (exact) mass is 360 g/mol. The zero-order chi connectivity index (χ0) is 19.5. The highest BCUT2D eigenvalue weighted by atomic mass is 16.4. The largest absolute Gasteiger partial charge is 0.481 e. The van der Waals surface area contributed by atoms with E-state index in [1.54, 1.807) is 24.3 Å². The molecule has 144 valence electrons. The lowest BCUT2D eigenvalue weighted by molar-refractivity contribution is -0.136. The average Bonchev–Trinajstić information content (AvgIpc) is 2.60. The molecule has 0 rings (SSSR count). The molecule has 0 heterocycles. The van der Waals surface area contributed by atoms with Crippen molar-refractivity contribution in [3.05, 3.63) is 72.9 Å². The van der Waals surface area contributed by atoms with Gasteiger partial charge in [-0.3, -0.25) is 4.79 Å². The molecule has 4 nitrogen and oxygen atoms in total. The predicted octanol–water partition coefficient (Wildman–Crippen LogP) is 4.49. The first-order valence-corrected chi connectivity index (χ1v) is 9.10. The molecule has 0 saturated carbocycles. The summed E-state index contributed by atoms with van der Waals surface area (Å²) in [6, 6.07) is 0. The highest BCUT2D eigenvalue weighted by molar-refractivity contribution is 5.66. The smallest absolute Gasteiger partial charge is 0.303 e. The van der Waals surface area contributed by atoms with Crippen molar-refractivity contribution in [2.75, 3.05) is 0 Å². The number of hydrogen-bond donors (Lipinski definition) is 3. The summed E-state index contributed by atoms with van der Waals surface area (Å²) in [5.74, 6) is -0.787. The van der Waals surface area contributed by atoms with Crippen LogP contribution in [0.5, 0.6) is 0 Å². The molecule has 0 radical (unpaired) electrons. The Labute approximate surface area is 157 Å². The van der Waals surface area contributed by atoms with Crippen LogP contribution in [0.1, 0.15) is 45.4 Å². The number of aliphatic hydroxyl groups is 2. The first-order chi connectivity index (χ1) is 12.6. The lowest BCUT2D eigenvalue weighted by atomic mass is 10.2. The summed E-state index contributed by atoms with van der Waals surface area (Å²) in [5, 5.41) is 28.0. The highest BCUT2D eigenvalue weighted by Crippen LogP contribution is 2.00. The highest BCUT2D eigenvalue weighted by Gasteiger charge is 1.94. The number of aliphatic hydroxyl groups excluding tert-OH is 2. The Hall–Kier alpha value is -2.17. The van der Waals surface area contributed by atoms with E-state index in [1.165, 1.54) is 0 Å². The van der Waals surface area contributed by atoms with Crippen molar-refractivity contribution in [3.8, 4) is 0 Å². The van der Waals surface area contributed by atoms with Crippen molar-refractivity contribution < 1.29 is 20.1 Å². The number of carbonyl (C=O) groups is 1. The van der Waals surface area contributed by atoms with Crippen molar-refractivity contribution >= 4 is 5.97 Å². The molecule has 0 aliphatic heterocycles. The summed E-state index contributed by atoms with van der Waals surface area (Å²) in [5.41, 5.74) is 0. The molecule has 0 saturated heterocycles. The van der Waals surface area contributed by atoms with Crippen LogP contribution in [0.15, 0.2) is 72.9 Å². The quantitative estimate of drug-likeness (QED) is 0.315. The van der Waals surface area contributed by atoms with Gasteiger partial charge >= 0.3 is 5.97 Å². The van der Waals surface area contributed by atoms with E-state index in [2.05, 4.69) is 6.92 Å². The molecule has 3 N–H and O–H groups in total. The number of hydrogen-bond acceptors (Lipinski definition) is 3. The Bertz CT molecular complexity index is 524. The Morgan fingerprint density at radius 1 is 0.808 bits per heavy atom. The average molecular weight is 360 g/mol. The van der Waals surface area contributed by atoms with Crippen molar-refractivity contribution in [1.82, 2.24) is 0 Å². The number of allylic oxidation sites excluding steroid dienone is 8. The molecule has 0 fully saturated rings. The minimum Gasteiger partial charge on any atom is -0.481 e. The van der Waals surface area contributed by atoms with Crippen LogP contribution in [-0.4, -0.2) is 33.5 Å². The number of carboxylic acid groups (broad SMARTS) is 1. The Morgan fingerprint density at radius 2 is 1.35 bits per heavy atom. The van der Waals surface area contributed by atoms with Gasteiger partial charge in [0, 0.05) is 6.42 Å². The molecule has 1 unspecified atom stereocenters. The predicted molar refractivity (Wildman–Crippen MR) is 108 cm³/mol. The summed E-state index contributed by atoms with van der Waals surface area (Å²) < 4.78 is 0. The van der Waals surface area contributed by atoms with Gasteiger partial charge in [0.25, 0.3) is 0 Å². The topological polar surface area (TPSA) is 77.8 Å². The zero-order valence-corrected chi connectivity index (χ0v) is 15.6. The minimum atomic E-state index is -0.787. The molecule has 0 amide bonds. The molecule has 2 atom stereocenters. The maximum atomic E-state index is 10.3. The fourth-order valence-corrected chi connectivity index (χ4v) is 1.90. The summed E-state index contributed by atoms with van der Waals surface area (Å²) in [4.78, 5) is 10.3. The number of carboxylic acids is 1. The lowest BCUT2D eigenvalue weighted by Crippen LogP contribution is -1.98. The molecular weight excluding hydrogens is 328 g/mol. The van der Waals surface area contributed by atoms with Gasteiger partial charge in [-0.25, -0.2) is 0 Å². The van der Waals surface area contributed by atoms with Gasteiger partial charge in [-0.15, -0.1) is 0 Å². The number of aliphatic carboxylic acids is 1.